The zero-order chi connectivity index (χ0) is 9.40. The van der Waals surface area contributed by atoms with Crippen LogP contribution in [-0.4, -0.2) is 23.9 Å². The Morgan fingerprint density at radius 1 is 1.25 bits per heavy atom. The molecule has 0 aromatic carbocycles. The van der Waals surface area contributed by atoms with Gasteiger partial charge in [0, 0.05) is 19.5 Å². The van der Waals surface area contributed by atoms with Gasteiger partial charge in [0.05, 0.1) is 0 Å². The Kier molecular flexibility index (Phi) is 6.82. The van der Waals surface area contributed by atoms with Crippen LogP contribution in [0.3, 0.4) is 0 Å². The van der Waals surface area contributed by atoms with Gasteiger partial charge in [0.1, 0.15) is 0 Å². The maximum Gasteiger partial charge on any atom is 0.222 e. The molecular weight excluding hydrogens is 150 g/mol. The highest BCUT2D eigenvalue weighted by molar-refractivity contribution is 5.75. The second-order valence-electron chi connectivity index (χ2n) is 2.88. The maximum absolute atomic E-state index is 11.4. The summed E-state index contributed by atoms with van der Waals surface area (Å²) in [5.41, 5.74) is 0. The van der Waals surface area contributed by atoms with Crippen LogP contribution in [0.25, 0.3) is 0 Å². The fraction of sp³-hybridized carbons (Fsp3) is 0.800. The zero-order valence-electron chi connectivity index (χ0n) is 8.31. The fourth-order valence-electron chi connectivity index (χ4n) is 1.19. The number of rotatable bonds is 6. The Bertz CT molecular complexity index is 119. The molecule has 0 saturated carbocycles. The lowest BCUT2D eigenvalue weighted by Crippen LogP contribution is -2.30. The van der Waals surface area contributed by atoms with Gasteiger partial charge in [-0.25, -0.2) is 0 Å². The largest absolute Gasteiger partial charge is 0.343 e. The minimum absolute atomic E-state index is 0.286. The van der Waals surface area contributed by atoms with Crippen LogP contribution < -0.4 is 0 Å². The van der Waals surface area contributed by atoms with Gasteiger partial charge in [-0.3, -0.25) is 4.79 Å². The normalized spacial score (nSPS) is 9.92. The van der Waals surface area contributed by atoms with Crippen molar-refractivity contribution in [1.29, 1.82) is 0 Å². The van der Waals surface area contributed by atoms with E-state index < -0.39 is 0 Å². The molecule has 0 N–H and O–H groups in total. The van der Waals surface area contributed by atoms with E-state index in [4.69, 9.17) is 0 Å². The van der Waals surface area contributed by atoms with Gasteiger partial charge in [-0.15, -0.1) is 0 Å². The second-order valence-corrected chi connectivity index (χ2v) is 2.88. The molecule has 0 bridgehead atoms. The van der Waals surface area contributed by atoms with Gasteiger partial charge in [0.2, 0.25) is 5.91 Å². The monoisotopic (exact) mass is 170 g/mol. The van der Waals surface area contributed by atoms with Gasteiger partial charge < -0.3 is 4.90 Å². The number of carbonyl (C=O) groups is 1. The molecule has 71 valence electrons. The number of hydrogen-bond donors (Lipinski definition) is 0. The minimum Gasteiger partial charge on any atom is -0.343 e. The summed E-state index contributed by atoms with van der Waals surface area (Å²) in [5.74, 6) is 0.286. The van der Waals surface area contributed by atoms with Crippen LogP contribution in [0.1, 0.15) is 39.5 Å². The Labute approximate surface area is 75.9 Å². The molecular formula is C10H20NO. The molecule has 0 fully saturated rings. The van der Waals surface area contributed by atoms with Crippen molar-refractivity contribution in [2.24, 2.45) is 0 Å². The molecule has 0 unspecified atom stereocenters. The summed E-state index contributed by atoms with van der Waals surface area (Å²) in [6.07, 6.45) is 3.68. The molecule has 0 aromatic heterocycles. The number of carbonyl (C=O) groups excluding carboxylic acids is 1. The fourth-order valence-corrected chi connectivity index (χ4v) is 1.19. The van der Waals surface area contributed by atoms with Crippen LogP contribution in [-0.2, 0) is 4.79 Å². The van der Waals surface area contributed by atoms with Crippen molar-refractivity contribution >= 4 is 5.91 Å². The van der Waals surface area contributed by atoms with Gasteiger partial charge in [-0.1, -0.05) is 19.8 Å². The number of amides is 1. The predicted octanol–water partition coefficient (Wildman–Crippen LogP) is 2.25. The van der Waals surface area contributed by atoms with Crippen LogP contribution in [0.4, 0.5) is 0 Å². The standard InChI is InChI=1S/C10H20NO/c1-4-7-8-9-10(12)11(5-2)6-3/h1,4-9H2,2-3H3. The molecule has 0 rings (SSSR count). The van der Waals surface area contributed by atoms with Gasteiger partial charge >= 0.3 is 0 Å². The van der Waals surface area contributed by atoms with Crippen molar-refractivity contribution in [3.05, 3.63) is 6.92 Å². The van der Waals surface area contributed by atoms with Gasteiger partial charge in [-0.05, 0) is 20.3 Å². The summed E-state index contributed by atoms with van der Waals surface area (Å²) in [6.45, 7) is 9.44. The summed E-state index contributed by atoms with van der Waals surface area (Å²) >= 11 is 0. The van der Waals surface area contributed by atoms with E-state index in [0.29, 0.717) is 6.42 Å². The van der Waals surface area contributed by atoms with Crippen molar-refractivity contribution < 1.29 is 4.79 Å². The Morgan fingerprint density at radius 2 is 1.83 bits per heavy atom. The van der Waals surface area contributed by atoms with E-state index >= 15 is 0 Å². The highest BCUT2D eigenvalue weighted by Gasteiger charge is 2.07. The molecule has 0 saturated heterocycles. The van der Waals surface area contributed by atoms with E-state index in [1.807, 2.05) is 18.7 Å². The highest BCUT2D eigenvalue weighted by Crippen LogP contribution is 2.02. The number of unbranched alkanes of at least 4 members (excludes halogenated alkanes) is 2. The zero-order valence-corrected chi connectivity index (χ0v) is 8.31. The molecule has 12 heavy (non-hydrogen) atoms. The molecule has 0 spiro atoms. The minimum atomic E-state index is 0.286. The summed E-state index contributed by atoms with van der Waals surface area (Å²) in [5, 5.41) is 0. The van der Waals surface area contributed by atoms with Crippen molar-refractivity contribution in [3.63, 3.8) is 0 Å². The van der Waals surface area contributed by atoms with Crippen LogP contribution in [0.15, 0.2) is 0 Å². The third-order valence-corrected chi connectivity index (χ3v) is 2.01. The molecule has 0 aliphatic carbocycles. The molecule has 0 atom stereocenters. The summed E-state index contributed by atoms with van der Waals surface area (Å²) < 4.78 is 0. The van der Waals surface area contributed by atoms with Crippen molar-refractivity contribution in [2.75, 3.05) is 13.1 Å². The van der Waals surface area contributed by atoms with Gasteiger partial charge in [0.15, 0.2) is 0 Å². The average molecular weight is 170 g/mol. The molecule has 0 heterocycles. The number of nitrogens with zero attached hydrogens (tertiary/aromatic N) is 1. The first-order valence-electron chi connectivity index (χ1n) is 4.83. The average Bonchev–Trinajstić information content (AvgIpc) is 2.07. The Balaban J connectivity index is 3.54. The third-order valence-electron chi connectivity index (χ3n) is 2.01. The van der Waals surface area contributed by atoms with E-state index in [9.17, 15) is 4.79 Å². The summed E-state index contributed by atoms with van der Waals surface area (Å²) in [6, 6.07) is 0. The molecule has 0 aliphatic heterocycles. The SMILES string of the molecule is [CH2]CCCCC(=O)N(CC)CC. The lowest BCUT2D eigenvalue weighted by atomic mass is 10.2. The lowest BCUT2D eigenvalue weighted by molar-refractivity contribution is -0.130. The van der Waals surface area contributed by atoms with Crippen LogP contribution in [0.2, 0.25) is 0 Å². The van der Waals surface area contributed by atoms with E-state index in [-0.39, 0.29) is 5.91 Å². The topological polar surface area (TPSA) is 20.3 Å². The highest BCUT2D eigenvalue weighted by atomic mass is 16.2. The molecule has 1 amide bonds. The number of hydrogen-bond acceptors (Lipinski definition) is 1. The summed E-state index contributed by atoms with van der Waals surface area (Å²) in [7, 11) is 0. The van der Waals surface area contributed by atoms with Crippen molar-refractivity contribution in [1.82, 2.24) is 4.90 Å². The summed E-state index contributed by atoms with van der Waals surface area (Å²) in [4.78, 5) is 13.3. The Hall–Kier alpha value is -0.530. The first kappa shape index (κ1) is 11.5. The van der Waals surface area contributed by atoms with Gasteiger partial charge in [-0.2, -0.15) is 0 Å². The molecule has 2 heteroatoms. The van der Waals surface area contributed by atoms with Crippen LogP contribution in [0, 0.1) is 6.92 Å². The van der Waals surface area contributed by atoms with Crippen LogP contribution in [0.5, 0.6) is 0 Å². The predicted molar refractivity (Wildman–Crippen MR) is 51.8 cm³/mol. The third kappa shape index (κ3) is 4.37. The molecule has 2 nitrogen and oxygen atoms in total. The van der Waals surface area contributed by atoms with E-state index in [2.05, 4.69) is 6.92 Å². The molecule has 1 radical (unpaired) electrons. The van der Waals surface area contributed by atoms with Crippen LogP contribution >= 0.6 is 0 Å². The van der Waals surface area contributed by atoms with E-state index in [1.165, 1.54) is 0 Å². The molecule has 0 aromatic rings. The van der Waals surface area contributed by atoms with Gasteiger partial charge in [0.25, 0.3) is 0 Å². The molecule has 0 aliphatic rings. The smallest absolute Gasteiger partial charge is 0.222 e. The quantitative estimate of drug-likeness (QED) is 0.560. The van der Waals surface area contributed by atoms with Crippen molar-refractivity contribution in [3.8, 4) is 0 Å². The maximum atomic E-state index is 11.4. The first-order chi connectivity index (χ1) is 5.76. The first-order valence-corrected chi connectivity index (χ1v) is 4.83. The lowest BCUT2D eigenvalue weighted by Gasteiger charge is -2.18. The van der Waals surface area contributed by atoms with E-state index in [0.717, 1.165) is 32.4 Å². The Morgan fingerprint density at radius 3 is 2.25 bits per heavy atom. The second kappa shape index (κ2) is 7.14. The van der Waals surface area contributed by atoms with Crippen molar-refractivity contribution in [2.45, 2.75) is 39.5 Å². The van der Waals surface area contributed by atoms with E-state index in [1.54, 1.807) is 0 Å².